The molecular weight excluding hydrogens is 376 g/mol. The number of hydrogen-bond acceptors (Lipinski definition) is 3. The van der Waals surface area contributed by atoms with E-state index in [9.17, 15) is 21.4 Å². The van der Waals surface area contributed by atoms with Crippen LogP contribution in [-0.4, -0.2) is 30.7 Å². The molecule has 0 aliphatic rings. The van der Waals surface area contributed by atoms with Crippen molar-refractivity contribution in [2.45, 2.75) is 23.5 Å². The summed E-state index contributed by atoms with van der Waals surface area (Å²) < 4.78 is 63.6. The Hall–Kier alpha value is -0.380. The standard InChI is InChI=1S/C11H14BrF2NO3S2/c1-7(19(2)16)3-4-15-20(17,18)11-9(12)5-8(13)6-10(11)14/h5-7,15H,3-4H2,1-2H3. The fourth-order valence-electron chi connectivity index (χ4n) is 1.42. The highest BCUT2D eigenvalue weighted by atomic mass is 79.9. The Morgan fingerprint density at radius 1 is 1.40 bits per heavy atom. The first-order valence-corrected chi connectivity index (χ1v) is 9.51. The van der Waals surface area contributed by atoms with Crippen molar-refractivity contribution in [3.05, 3.63) is 28.2 Å². The molecule has 0 aromatic heterocycles. The van der Waals surface area contributed by atoms with Crippen molar-refractivity contribution in [1.82, 2.24) is 4.72 Å². The van der Waals surface area contributed by atoms with Crippen molar-refractivity contribution in [2.24, 2.45) is 0 Å². The summed E-state index contributed by atoms with van der Waals surface area (Å²) in [4.78, 5) is -0.635. The molecule has 0 aliphatic carbocycles. The average Bonchev–Trinajstić information content (AvgIpc) is 2.26. The van der Waals surface area contributed by atoms with E-state index in [0.29, 0.717) is 12.5 Å². The first-order valence-electron chi connectivity index (χ1n) is 5.61. The maximum absolute atomic E-state index is 13.6. The first-order chi connectivity index (χ1) is 9.15. The Morgan fingerprint density at radius 2 is 2.00 bits per heavy atom. The van der Waals surface area contributed by atoms with Gasteiger partial charge in [0.15, 0.2) is 0 Å². The van der Waals surface area contributed by atoms with Gasteiger partial charge in [-0.25, -0.2) is 21.9 Å². The van der Waals surface area contributed by atoms with Crippen LogP contribution in [0.25, 0.3) is 0 Å². The van der Waals surface area contributed by atoms with Crippen LogP contribution in [-0.2, 0) is 20.8 Å². The molecule has 0 bridgehead atoms. The van der Waals surface area contributed by atoms with Gasteiger partial charge in [-0.3, -0.25) is 4.21 Å². The number of hydrogen-bond donors (Lipinski definition) is 1. The molecule has 0 heterocycles. The third kappa shape index (κ3) is 4.57. The summed E-state index contributed by atoms with van der Waals surface area (Å²) >= 11 is 2.83. The van der Waals surface area contributed by atoms with Gasteiger partial charge in [-0.1, -0.05) is 6.92 Å². The van der Waals surface area contributed by atoms with Gasteiger partial charge in [0.05, 0.1) is 0 Å². The van der Waals surface area contributed by atoms with E-state index < -0.39 is 37.4 Å². The number of benzene rings is 1. The number of halogens is 3. The molecule has 0 saturated carbocycles. The maximum atomic E-state index is 13.6. The van der Waals surface area contributed by atoms with E-state index in [2.05, 4.69) is 20.7 Å². The van der Waals surface area contributed by atoms with E-state index in [4.69, 9.17) is 0 Å². The fraction of sp³-hybridized carbons (Fsp3) is 0.455. The molecule has 1 rings (SSSR count). The number of rotatable bonds is 6. The summed E-state index contributed by atoms with van der Waals surface area (Å²) in [5, 5.41) is -0.181. The van der Waals surface area contributed by atoms with E-state index in [1.54, 1.807) is 6.92 Å². The maximum Gasteiger partial charge on any atom is 0.244 e. The van der Waals surface area contributed by atoms with Crippen LogP contribution in [0.15, 0.2) is 21.5 Å². The van der Waals surface area contributed by atoms with Crippen LogP contribution in [0.3, 0.4) is 0 Å². The van der Waals surface area contributed by atoms with Gasteiger partial charge >= 0.3 is 0 Å². The lowest BCUT2D eigenvalue weighted by Crippen LogP contribution is -2.28. The molecule has 9 heteroatoms. The van der Waals surface area contributed by atoms with Gasteiger partial charge in [-0.15, -0.1) is 0 Å². The molecule has 1 aromatic rings. The second-order valence-corrected chi connectivity index (χ2v) is 8.55. The van der Waals surface area contributed by atoms with Gasteiger partial charge in [-0.05, 0) is 28.4 Å². The molecule has 20 heavy (non-hydrogen) atoms. The Morgan fingerprint density at radius 3 is 2.50 bits per heavy atom. The Balaban J connectivity index is 2.88. The zero-order valence-corrected chi connectivity index (χ0v) is 14.0. The molecule has 0 fully saturated rings. The van der Waals surface area contributed by atoms with Crippen molar-refractivity contribution in [1.29, 1.82) is 0 Å². The van der Waals surface area contributed by atoms with Crippen LogP contribution in [0, 0.1) is 11.6 Å². The van der Waals surface area contributed by atoms with Gasteiger partial charge in [0.1, 0.15) is 16.5 Å². The summed E-state index contributed by atoms with van der Waals surface area (Å²) in [7, 11) is -5.16. The molecule has 0 radical (unpaired) electrons. The lowest BCUT2D eigenvalue weighted by atomic mass is 10.3. The van der Waals surface area contributed by atoms with Crippen LogP contribution >= 0.6 is 15.9 Å². The quantitative estimate of drug-likeness (QED) is 0.810. The lowest BCUT2D eigenvalue weighted by Gasteiger charge is -2.11. The fourth-order valence-corrected chi connectivity index (χ4v) is 4.08. The van der Waals surface area contributed by atoms with E-state index in [0.717, 1.165) is 6.07 Å². The highest BCUT2D eigenvalue weighted by Gasteiger charge is 2.23. The molecule has 0 amide bonds. The molecule has 0 spiro atoms. The summed E-state index contributed by atoms with van der Waals surface area (Å²) in [6.45, 7) is 1.74. The Bertz CT molecular complexity index is 599. The van der Waals surface area contributed by atoms with E-state index in [1.807, 2.05) is 0 Å². The van der Waals surface area contributed by atoms with E-state index in [-0.39, 0.29) is 16.3 Å². The van der Waals surface area contributed by atoms with Gasteiger partial charge in [0.25, 0.3) is 0 Å². The normalized spacial score (nSPS) is 15.1. The third-order valence-corrected chi connectivity index (χ3v) is 6.43. The molecule has 2 unspecified atom stereocenters. The van der Waals surface area contributed by atoms with Crippen molar-refractivity contribution in [3.8, 4) is 0 Å². The highest BCUT2D eigenvalue weighted by Crippen LogP contribution is 2.26. The number of sulfonamides is 1. The molecule has 2 atom stereocenters. The van der Waals surface area contributed by atoms with Crippen molar-refractivity contribution < 1.29 is 21.4 Å². The second kappa shape index (κ2) is 7.06. The highest BCUT2D eigenvalue weighted by molar-refractivity contribution is 9.10. The van der Waals surface area contributed by atoms with Crippen molar-refractivity contribution >= 4 is 36.8 Å². The van der Waals surface area contributed by atoms with E-state index in [1.165, 1.54) is 6.26 Å². The molecule has 1 N–H and O–H groups in total. The largest absolute Gasteiger partial charge is 0.260 e. The summed E-state index contributed by atoms with van der Waals surface area (Å²) in [5.74, 6) is -2.04. The minimum Gasteiger partial charge on any atom is -0.260 e. The van der Waals surface area contributed by atoms with Crippen LogP contribution in [0.5, 0.6) is 0 Å². The first kappa shape index (κ1) is 17.7. The molecule has 0 aliphatic heterocycles. The van der Waals surface area contributed by atoms with Crippen molar-refractivity contribution in [3.63, 3.8) is 0 Å². The van der Waals surface area contributed by atoms with E-state index >= 15 is 0 Å². The van der Waals surface area contributed by atoms with Gasteiger partial charge in [0, 0.05) is 39.4 Å². The summed E-state index contributed by atoms with van der Waals surface area (Å²) in [6.07, 6.45) is 1.87. The monoisotopic (exact) mass is 389 g/mol. The zero-order chi connectivity index (χ0) is 15.5. The zero-order valence-electron chi connectivity index (χ0n) is 10.8. The number of nitrogens with one attached hydrogen (secondary N) is 1. The molecule has 4 nitrogen and oxygen atoms in total. The van der Waals surface area contributed by atoms with Crippen LogP contribution < -0.4 is 4.72 Å². The predicted octanol–water partition coefficient (Wildman–Crippen LogP) is 2.16. The van der Waals surface area contributed by atoms with Gasteiger partial charge < -0.3 is 0 Å². The average molecular weight is 390 g/mol. The predicted molar refractivity (Wildman–Crippen MR) is 77.4 cm³/mol. The molecular formula is C11H14BrF2NO3S2. The van der Waals surface area contributed by atoms with Crippen molar-refractivity contribution in [2.75, 3.05) is 12.8 Å². The Labute approximate surface area is 127 Å². The second-order valence-electron chi connectivity index (χ2n) is 4.19. The minimum atomic E-state index is -4.10. The van der Waals surface area contributed by atoms with Gasteiger partial charge in [0.2, 0.25) is 10.0 Å². The van der Waals surface area contributed by atoms with Crippen LogP contribution in [0.2, 0.25) is 0 Å². The smallest absolute Gasteiger partial charge is 0.244 e. The Kier molecular flexibility index (Phi) is 6.24. The third-order valence-electron chi connectivity index (χ3n) is 2.64. The minimum absolute atomic E-state index is 0.0202. The molecule has 114 valence electrons. The van der Waals surface area contributed by atoms with Crippen LogP contribution in [0.4, 0.5) is 8.78 Å². The lowest BCUT2D eigenvalue weighted by molar-refractivity contribution is 0.539. The molecule has 0 saturated heterocycles. The van der Waals surface area contributed by atoms with Gasteiger partial charge in [-0.2, -0.15) is 0 Å². The van der Waals surface area contributed by atoms with Crippen LogP contribution in [0.1, 0.15) is 13.3 Å². The SMILES string of the molecule is CC(CCNS(=O)(=O)c1c(F)cc(F)cc1Br)S(C)=O. The molecule has 1 aromatic carbocycles. The summed E-state index contributed by atoms with van der Waals surface area (Å²) in [6, 6.07) is 1.38. The summed E-state index contributed by atoms with van der Waals surface area (Å²) in [5.41, 5.74) is 0. The topological polar surface area (TPSA) is 63.2 Å².